The highest BCUT2D eigenvalue weighted by molar-refractivity contribution is 7.22. The summed E-state index contributed by atoms with van der Waals surface area (Å²) in [5.74, 6) is 0.233. The van der Waals surface area contributed by atoms with Crippen molar-refractivity contribution >= 4 is 44.0 Å². The van der Waals surface area contributed by atoms with E-state index in [4.69, 9.17) is 16.3 Å². The Morgan fingerprint density at radius 1 is 1.43 bits per heavy atom. The van der Waals surface area contributed by atoms with Crippen molar-refractivity contribution in [3.8, 4) is 0 Å². The molecule has 0 amide bonds. The van der Waals surface area contributed by atoms with Crippen LogP contribution >= 0.6 is 22.9 Å². The van der Waals surface area contributed by atoms with Crippen molar-refractivity contribution in [2.75, 3.05) is 48.9 Å². The molecule has 0 radical (unpaired) electrons. The highest BCUT2D eigenvalue weighted by Gasteiger charge is 2.15. The Hall–Kier alpha value is -1.08. The van der Waals surface area contributed by atoms with Crippen LogP contribution in [0, 0.1) is 0 Å². The van der Waals surface area contributed by atoms with E-state index in [-0.39, 0.29) is 5.88 Å². The summed E-state index contributed by atoms with van der Waals surface area (Å²) in [6.07, 6.45) is -0.535. The third kappa shape index (κ3) is 3.58. The van der Waals surface area contributed by atoms with Gasteiger partial charge in [-0.3, -0.25) is 0 Å². The van der Waals surface area contributed by atoms with Crippen LogP contribution < -0.4 is 10.2 Å². The van der Waals surface area contributed by atoms with Crippen molar-refractivity contribution in [2.45, 2.75) is 6.10 Å². The number of benzene rings is 1. The first kappa shape index (κ1) is 14.8. The molecule has 2 N–H and O–H groups in total. The van der Waals surface area contributed by atoms with Crippen molar-refractivity contribution in [1.29, 1.82) is 0 Å². The molecule has 2 heterocycles. The third-order valence-corrected chi connectivity index (χ3v) is 4.81. The molecule has 1 aromatic carbocycles. The molecule has 1 atom stereocenters. The summed E-state index contributed by atoms with van der Waals surface area (Å²) in [5, 5.41) is 13.7. The third-order valence-electron chi connectivity index (χ3n) is 3.38. The standard InChI is InChI=1S/C14H18ClN3O2S/c15-8-11(19)9-16-10-1-2-12-13(7-10)21-14(17-12)18-3-5-20-6-4-18/h1-2,7,11,16,19H,3-6,8-9H2. The van der Waals surface area contributed by atoms with E-state index in [2.05, 4.69) is 21.3 Å². The number of aliphatic hydroxyl groups excluding tert-OH is 1. The number of fused-ring (bicyclic) bond motifs is 1. The van der Waals surface area contributed by atoms with Gasteiger partial charge in [0.1, 0.15) is 0 Å². The van der Waals surface area contributed by atoms with Gasteiger partial charge in [-0.05, 0) is 18.2 Å². The number of thiazole rings is 1. The average Bonchev–Trinajstić information content (AvgIpc) is 2.96. The van der Waals surface area contributed by atoms with Gasteiger partial charge in [0.2, 0.25) is 0 Å². The minimum atomic E-state index is -0.535. The van der Waals surface area contributed by atoms with Crippen molar-refractivity contribution in [3.05, 3.63) is 18.2 Å². The number of nitrogens with zero attached hydrogens (tertiary/aromatic N) is 2. The molecule has 0 saturated carbocycles. The van der Waals surface area contributed by atoms with Gasteiger partial charge in [-0.2, -0.15) is 0 Å². The van der Waals surface area contributed by atoms with E-state index in [0.717, 1.165) is 47.3 Å². The average molecular weight is 328 g/mol. The number of ether oxygens (including phenoxy) is 1. The van der Waals surface area contributed by atoms with E-state index in [1.165, 1.54) is 0 Å². The second kappa shape index (κ2) is 6.79. The minimum Gasteiger partial charge on any atom is -0.390 e. The quantitative estimate of drug-likeness (QED) is 0.824. The number of nitrogens with one attached hydrogen (secondary N) is 1. The number of alkyl halides is 1. The molecule has 1 aromatic heterocycles. The van der Waals surface area contributed by atoms with E-state index in [0.29, 0.717) is 6.54 Å². The number of aliphatic hydroxyl groups is 1. The largest absolute Gasteiger partial charge is 0.390 e. The molecule has 1 aliphatic rings. The highest BCUT2D eigenvalue weighted by atomic mass is 35.5. The first-order chi connectivity index (χ1) is 10.3. The SMILES string of the molecule is OC(CCl)CNc1ccc2nc(N3CCOCC3)sc2c1. The van der Waals surface area contributed by atoms with Gasteiger partial charge in [-0.25, -0.2) is 4.98 Å². The molecule has 1 saturated heterocycles. The summed E-state index contributed by atoms with van der Waals surface area (Å²) in [6.45, 7) is 3.77. The van der Waals surface area contributed by atoms with Crippen LogP contribution in [0.25, 0.3) is 10.2 Å². The van der Waals surface area contributed by atoms with Gasteiger partial charge in [0.25, 0.3) is 0 Å². The summed E-state index contributed by atoms with van der Waals surface area (Å²) < 4.78 is 6.51. The zero-order chi connectivity index (χ0) is 14.7. The van der Waals surface area contributed by atoms with Crippen LogP contribution in [0.15, 0.2) is 18.2 Å². The maximum Gasteiger partial charge on any atom is 0.186 e. The lowest BCUT2D eigenvalue weighted by atomic mass is 10.3. The Kier molecular flexibility index (Phi) is 4.80. The smallest absolute Gasteiger partial charge is 0.186 e. The molecule has 21 heavy (non-hydrogen) atoms. The molecular weight excluding hydrogens is 310 g/mol. The second-order valence-corrected chi connectivity index (χ2v) is 6.29. The lowest BCUT2D eigenvalue weighted by Crippen LogP contribution is -2.36. The minimum absolute atomic E-state index is 0.233. The van der Waals surface area contributed by atoms with E-state index in [1.54, 1.807) is 11.3 Å². The zero-order valence-corrected chi connectivity index (χ0v) is 13.2. The van der Waals surface area contributed by atoms with Crippen molar-refractivity contribution in [3.63, 3.8) is 0 Å². The fourth-order valence-corrected chi connectivity index (χ4v) is 3.37. The number of halogens is 1. The maximum absolute atomic E-state index is 9.48. The first-order valence-electron chi connectivity index (χ1n) is 6.97. The number of hydrogen-bond donors (Lipinski definition) is 2. The Morgan fingerprint density at radius 3 is 3.00 bits per heavy atom. The Morgan fingerprint density at radius 2 is 2.24 bits per heavy atom. The lowest BCUT2D eigenvalue weighted by Gasteiger charge is -2.25. The summed E-state index contributed by atoms with van der Waals surface area (Å²) >= 11 is 7.28. The number of aromatic nitrogens is 1. The van der Waals surface area contributed by atoms with Gasteiger partial charge in [0, 0.05) is 25.3 Å². The van der Waals surface area contributed by atoms with Crippen LogP contribution in [-0.4, -0.2) is 54.9 Å². The van der Waals surface area contributed by atoms with Gasteiger partial charge >= 0.3 is 0 Å². The van der Waals surface area contributed by atoms with Gasteiger partial charge in [-0.1, -0.05) is 11.3 Å². The first-order valence-corrected chi connectivity index (χ1v) is 8.32. The predicted octanol–water partition coefficient (Wildman–Crippen LogP) is 2.14. The molecule has 7 heteroatoms. The molecular formula is C14H18ClN3O2S. The highest BCUT2D eigenvalue weighted by Crippen LogP contribution is 2.31. The fourth-order valence-electron chi connectivity index (χ4n) is 2.20. The lowest BCUT2D eigenvalue weighted by molar-refractivity contribution is 0.122. The molecule has 5 nitrogen and oxygen atoms in total. The summed E-state index contributed by atoms with van der Waals surface area (Å²) in [6, 6.07) is 6.05. The van der Waals surface area contributed by atoms with Crippen LogP contribution in [0.2, 0.25) is 0 Å². The molecule has 3 rings (SSSR count). The summed E-state index contributed by atoms with van der Waals surface area (Å²) in [7, 11) is 0. The zero-order valence-electron chi connectivity index (χ0n) is 11.6. The normalized spacial score (nSPS) is 17.1. The van der Waals surface area contributed by atoms with Gasteiger partial charge < -0.3 is 20.1 Å². The second-order valence-electron chi connectivity index (χ2n) is 4.97. The van der Waals surface area contributed by atoms with E-state index >= 15 is 0 Å². The Balaban J connectivity index is 1.75. The molecule has 114 valence electrons. The van der Waals surface area contributed by atoms with Crippen LogP contribution in [0.5, 0.6) is 0 Å². The Bertz CT molecular complexity index is 601. The summed E-state index contributed by atoms with van der Waals surface area (Å²) in [4.78, 5) is 6.94. The predicted molar refractivity (Wildman–Crippen MR) is 87.9 cm³/mol. The van der Waals surface area contributed by atoms with Gasteiger partial charge in [0.05, 0.1) is 35.4 Å². The van der Waals surface area contributed by atoms with Crippen LogP contribution in [0.4, 0.5) is 10.8 Å². The van der Waals surface area contributed by atoms with Gasteiger partial charge in [0.15, 0.2) is 5.13 Å². The molecule has 1 unspecified atom stereocenters. The van der Waals surface area contributed by atoms with Crippen LogP contribution in [0.3, 0.4) is 0 Å². The number of morpholine rings is 1. The van der Waals surface area contributed by atoms with E-state index < -0.39 is 6.10 Å². The van der Waals surface area contributed by atoms with Crippen LogP contribution in [-0.2, 0) is 4.74 Å². The summed E-state index contributed by atoms with van der Waals surface area (Å²) in [5.41, 5.74) is 1.98. The maximum atomic E-state index is 9.48. The topological polar surface area (TPSA) is 57.6 Å². The number of anilines is 2. The number of hydrogen-bond acceptors (Lipinski definition) is 6. The molecule has 0 spiro atoms. The van der Waals surface area contributed by atoms with Crippen molar-refractivity contribution < 1.29 is 9.84 Å². The molecule has 2 aromatic rings. The molecule has 1 fully saturated rings. The van der Waals surface area contributed by atoms with Crippen LogP contribution in [0.1, 0.15) is 0 Å². The van der Waals surface area contributed by atoms with E-state index in [1.807, 2.05) is 12.1 Å². The number of rotatable bonds is 5. The molecule has 1 aliphatic heterocycles. The van der Waals surface area contributed by atoms with Gasteiger partial charge in [-0.15, -0.1) is 11.6 Å². The fraction of sp³-hybridized carbons (Fsp3) is 0.500. The van der Waals surface area contributed by atoms with E-state index in [9.17, 15) is 5.11 Å². The monoisotopic (exact) mass is 327 g/mol. The Labute approximate surface area is 132 Å². The molecule has 0 aliphatic carbocycles. The van der Waals surface area contributed by atoms with Crippen molar-refractivity contribution in [2.24, 2.45) is 0 Å². The molecule has 0 bridgehead atoms. The van der Waals surface area contributed by atoms with Crippen molar-refractivity contribution in [1.82, 2.24) is 4.98 Å².